The van der Waals surface area contributed by atoms with E-state index in [9.17, 15) is 13.2 Å². The van der Waals surface area contributed by atoms with E-state index >= 15 is 0 Å². The van der Waals surface area contributed by atoms with Gasteiger partial charge in [-0.05, 0) is 49.6 Å². The Bertz CT molecular complexity index is 1240. The molecule has 0 radical (unpaired) electrons. The minimum absolute atomic E-state index is 0.153. The quantitative estimate of drug-likeness (QED) is 0.577. The molecular formula is C26H28N2O4S. The highest BCUT2D eigenvalue weighted by Crippen LogP contribution is 2.29. The predicted octanol–water partition coefficient (Wildman–Crippen LogP) is 3.83. The summed E-state index contributed by atoms with van der Waals surface area (Å²) in [5.41, 5.74) is 3.72. The van der Waals surface area contributed by atoms with E-state index in [0.717, 1.165) is 22.3 Å². The number of carbonyl (C=O) groups is 1. The third kappa shape index (κ3) is 4.94. The number of sulfonamides is 1. The number of benzene rings is 3. The number of hydrogen-bond acceptors (Lipinski definition) is 4. The summed E-state index contributed by atoms with van der Waals surface area (Å²) in [4.78, 5) is 13.5. The van der Waals surface area contributed by atoms with E-state index in [1.165, 1.54) is 4.31 Å². The maximum Gasteiger partial charge on any atom is 0.244 e. The summed E-state index contributed by atoms with van der Waals surface area (Å²) in [5, 5.41) is 2.94. The third-order valence-corrected chi connectivity index (χ3v) is 7.73. The van der Waals surface area contributed by atoms with Crippen LogP contribution in [0.1, 0.15) is 29.2 Å². The Kier molecular flexibility index (Phi) is 6.81. The molecule has 3 aromatic rings. The Hall–Kier alpha value is -3.16. The van der Waals surface area contributed by atoms with E-state index in [-0.39, 0.29) is 23.9 Å². The first-order valence-corrected chi connectivity index (χ1v) is 12.5. The van der Waals surface area contributed by atoms with Gasteiger partial charge in [-0.1, -0.05) is 60.2 Å². The summed E-state index contributed by atoms with van der Waals surface area (Å²) in [7, 11) is -3.87. The molecule has 172 valence electrons. The van der Waals surface area contributed by atoms with Crippen LogP contribution in [-0.2, 0) is 34.3 Å². The van der Waals surface area contributed by atoms with E-state index < -0.39 is 16.1 Å². The Balaban J connectivity index is 1.62. The summed E-state index contributed by atoms with van der Waals surface area (Å²) < 4.78 is 34.1. The van der Waals surface area contributed by atoms with Crippen molar-refractivity contribution in [1.82, 2.24) is 9.62 Å². The number of aryl methyl sites for hydroxylation is 1. The zero-order chi connectivity index (χ0) is 23.4. The van der Waals surface area contributed by atoms with Gasteiger partial charge in [0.2, 0.25) is 15.9 Å². The molecule has 0 bridgehead atoms. The minimum Gasteiger partial charge on any atom is -0.494 e. The number of carbonyl (C=O) groups excluding carboxylic acids is 1. The molecule has 6 nitrogen and oxygen atoms in total. The lowest BCUT2D eigenvalue weighted by Gasteiger charge is -2.35. The monoisotopic (exact) mass is 464 g/mol. The van der Waals surface area contributed by atoms with Crippen molar-refractivity contribution in [2.45, 2.75) is 44.3 Å². The zero-order valence-corrected chi connectivity index (χ0v) is 19.6. The number of nitrogens with zero attached hydrogens (tertiary/aromatic N) is 1. The molecule has 0 aromatic heterocycles. The third-order valence-electron chi connectivity index (χ3n) is 5.86. The predicted molar refractivity (Wildman–Crippen MR) is 127 cm³/mol. The van der Waals surface area contributed by atoms with Gasteiger partial charge in [0, 0.05) is 18.7 Å². The van der Waals surface area contributed by atoms with Crippen LogP contribution in [0.2, 0.25) is 0 Å². The first kappa shape index (κ1) is 23.0. The second-order valence-electron chi connectivity index (χ2n) is 8.11. The first-order chi connectivity index (χ1) is 15.9. The first-order valence-electron chi connectivity index (χ1n) is 11.0. The molecular weight excluding hydrogens is 436 g/mol. The van der Waals surface area contributed by atoms with Crippen molar-refractivity contribution >= 4 is 15.9 Å². The van der Waals surface area contributed by atoms with Gasteiger partial charge in [0.25, 0.3) is 0 Å². The molecule has 1 atom stereocenters. The molecule has 33 heavy (non-hydrogen) atoms. The number of hydrogen-bond donors (Lipinski definition) is 1. The van der Waals surface area contributed by atoms with Gasteiger partial charge in [-0.25, -0.2) is 8.42 Å². The van der Waals surface area contributed by atoms with Crippen LogP contribution >= 0.6 is 0 Å². The number of nitrogens with one attached hydrogen (secondary N) is 1. The minimum atomic E-state index is -3.87. The largest absolute Gasteiger partial charge is 0.494 e. The van der Waals surface area contributed by atoms with Crippen LogP contribution in [0.3, 0.4) is 0 Å². The molecule has 0 spiro atoms. The number of para-hydroxylation sites is 1. The van der Waals surface area contributed by atoms with Crippen LogP contribution in [0, 0.1) is 6.92 Å². The van der Waals surface area contributed by atoms with Crippen molar-refractivity contribution in [1.29, 1.82) is 0 Å². The maximum absolute atomic E-state index is 13.6. The average Bonchev–Trinajstić information content (AvgIpc) is 2.83. The molecule has 4 rings (SSSR count). The lowest BCUT2D eigenvalue weighted by atomic mass is 9.95. The molecule has 1 aliphatic heterocycles. The summed E-state index contributed by atoms with van der Waals surface area (Å²) in [6, 6.07) is 21.1. The van der Waals surface area contributed by atoms with E-state index in [1.54, 1.807) is 24.3 Å². The second-order valence-corrected chi connectivity index (χ2v) is 10.0. The van der Waals surface area contributed by atoms with Gasteiger partial charge in [-0.3, -0.25) is 4.79 Å². The fourth-order valence-electron chi connectivity index (χ4n) is 4.07. The molecule has 0 fully saturated rings. The van der Waals surface area contributed by atoms with Gasteiger partial charge >= 0.3 is 0 Å². The van der Waals surface area contributed by atoms with Crippen LogP contribution in [0.4, 0.5) is 0 Å². The Morgan fingerprint density at radius 2 is 1.67 bits per heavy atom. The van der Waals surface area contributed by atoms with Crippen molar-refractivity contribution in [3.8, 4) is 5.75 Å². The summed E-state index contributed by atoms with van der Waals surface area (Å²) >= 11 is 0. The molecule has 1 N–H and O–H groups in total. The Morgan fingerprint density at radius 1 is 1.00 bits per heavy atom. The van der Waals surface area contributed by atoms with Gasteiger partial charge in [0.05, 0.1) is 11.5 Å². The number of fused-ring (bicyclic) bond motifs is 1. The highest BCUT2D eigenvalue weighted by molar-refractivity contribution is 7.89. The molecule has 0 saturated heterocycles. The van der Waals surface area contributed by atoms with E-state index in [2.05, 4.69) is 5.32 Å². The number of amides is 1. The highest BCUT2D eigenvalue weighted by Gasteiger charge is 2.39. The fraction of sp³-hybridized carbons (Fsp3) is 0.269. The van der Waals surface area contributed by atoms with Crippen LogP contribution < -0.4 is 10.1 Å². The summed E-state index contributed by atoms with van der Waals surface area (Å²) in [5.74, 6) is 0.380. The molecule has 3 aromatic carbocycles. The van der Waals surface area contributed by atoms with Gasteiger partial charge in [-0.2, -0.15) is 4.31 Å². The molecule has 1 unspecified atom stereocenters. The van der Waals surface area contributed by atoms with Crippen molar-refractivity contribution in [3.05, 3.63) is 95.1 Å². The van der Waals surface area contributed by atoms with Crippen molar-refractivity contribution in [2.24, 2.45) is 0 Å². The fourth-order valence-corrected chi connectivity index (χ4v) is 5.63. The number of ether oxygens (including phenoxy) is 1. The molecule has 1 amide bonds. The van der Waals surface area contributed by atoms with Crippen LogP contribution in [0.5, 0.6) is 5.75 Å². The zero-order valence-electron chi connectivity index (χ0n) is 18.8. The average molecular weight is 465 g/mol. The van der Waals surface area contributed by atoms with Crippen molar-refractivity contribution < 1.29 is 17.9 Å². The van der Waals surface area contributed by atoms with E-state index in [1.807, 2.05) is 62.4 Å². The van der Waals surface area contributed by atoms with E-state index in [0.29, 0.717) is 18.8 Å². The molecule has 0 saturated carbocycles. The standard InChI is InChI=1S/C26H28N2O4S/c1-3-32-25-11-7-6-9-21(25)17-27-26(29)24-16-20-8-4-5-10-22(20)18-28(24)33(30,31)23-14-12-19(2)13-15-23/h4-15,24H,3,16-18H2,1-2H3,(H,27,29). The van der Waals surface area contributed by atoms with Crippen LogP contribution in [0.25, 0.3) is 0 Å². The molecule has 0 aliphatic carbocycles. The topological polar surface area (TPSA) is 75.7 Å². The van der Waals surface area contributed by atoms with Crippen molar-refractivity contribution in [2.75, 3.05) is 6.61 Å². The Morgan fingerprint density at radius 3 is 2.39 bits per heavy atom. The van der Waals surface area contributed by atoms with Gasteiger partial charge < -0.3 is 10.1 Å². The molecule has 7 heteroatoms. The highest BCUT2D eigenvalue weighted by atomic mass is 32.2. The van der Waals surface area contributed by atoms with E-state index in [4.69, 9.17) is 4.74 Å². The van der Waals surface area contributed by atoms with Crippen molar-refractivity contribution in [3.63, 3.8) is 0 Å². The lowest BCUT2D eigenvalue weighted by Crippen LogP contribution is -2.52. The summed E-state index contributed by atoms with van der Waals surface area (Å²) in [6.45, 7) is 4.74. The Labute approximate surface area is 195 Å². The SMILES string of the molecule is CCOc1ccccc1CNC(=O)C1Cc2ccccc2CN1S(=O)(=O)c1ccc(C)cc1. The smallest absolute Gasteiger partial charge is 0.244 e. The van der Waals surface area contributed by atoms with Crippen LogP contribution in [0.15, 0.2) is 77.7 Å². The number of rotatable bonds is 7. The summed E-state index contributed by atoms with van der Waals surface area (Å²) in [6.07, 6.45) is 0.320. The molecule has 1 heterocycles. The lowest BCUT2D eigenvalue weighted by molar-refractivity contribution is -0.125. The van der Waals surface area contributed by atoms with Gasteiger partial charge in [0.1, 0.15) is 11.8 Å². The van der Waals surface area contributed by atoms with Gasteiger partial charge in [0.15, 0.2) is 0 Å². The molecule has 1 aliphatic rings. The van der Waals surface area contributed by atoms with Crippen LogP contribution in [-0.4, -0.2) is 31.3 Å². The normalized spacial score (nSPS) is 16.1. The van der Waals surface area contributed by atoms with Gasteiger partial charge in [-0.15, -0.1) is 0 Å². The second kappa shape index (κ2) is 9.77. The maximum atomic E-state index is 13.6.